The fourth-order valence-electron chi connectivity index (χ4n) is 3.88. The summed E-state index contributed by atoms with van der Waals surface area (Å²) in [7, 11) is 0. The molecule has 0 bridgehead atoms. The number of urea groups is 1. The van der Waals surface area contributed by atoms with Crippen LogP contribution in [0, 0.1) is 5.92 Å². The molecule has 0 heterocycles. The Bertz CT molecular complexity index is 945. The second-order valence-corrected chi connectivity index (χ2v) is 8.55. The molecule has 0 spiro atoms. The first kappa shape index (κ1) is 24.9. The molecule has 1 saturated carbocycles. The van der Waals surface area contributed by atoms with Crippen molar-refractivity contribution in [3.8, 4) is 0 Å². The summed E-state index contributed by atoms with van der Waals surface area (Å²) in [6.45, 7) is 0.463. The van der Waals surface area contributed by atoms with Gasteiger partial charge >= 0.3 is 12.2 Å². The highest BCUT2D eigenvalue weighted by Crippen LogP contribution is 2.32. The number of anilines is 2. The van der Waals surface area contributed by atoms with Crippen LogP contribution < -0.4 is 15.5 Å². The van der Waals surface area contributed by atoms with Crippen LogP contribution in [0.1, 0.15) is 44.1 Å². The largest absolute Gasteiger partial charge is 0.416 e. The molecule has 5 nitrogen and oxygen atoms in total. The summed E-state index contributed by atoms with van der Waals surface area (Å²) in [5.74, 6) is 0.0254. The molecule has 1 aliphatic rings. The average Bonchev–Trinajstić information content (AvgIpc) is 2.80. The number of nitrogens with zero attached hydrogens (tertiary/aromatic N) is 1. The van der Waals surface area contributed by atoms with Crippen molar-refractivity contribution >= 4 is 34.9 Å². The van der Waals surface area contributed by atoms with Crippen LogP contribution >= 0.6 is 11.6 Å². The molecule has 0 aromatic heterocycles. The topological polar surface area (TPSA) is 61.4 Å². The van der Waals surface area contributed by atoms with Gasteiger partial charge in [-0.15, -0.1) is 0 Å². The minimum absolute atomic E-state index is 0.00549. The maximum Gasteiger partial charge on any atom is 0.416 e. The van der Waals surface area contributed by atoms with E-state index in [2.05, 4.69) is 10.6 Å². The number of hydrogen-bond donors (Lipinski definition) is 2. The van der Waals surface area contributed by atoms with E-state index in [1.54, 1.807) is 24.3 Å². The van der Waals surface area contributed by atoms with Gasteiger partial charge in [-0.3, -0.25) is 9.69 Å². The first-order valence-electron chi connectivity index (χ1n) is 11.0. The summed E-state index contributed by atoms with van der Waals surface area (Å²) in [5, 5.41) is 6.08. The number of rotatable bonds is 7. The van der Waals surface area contributed by atoms with Crippen LogP contribution in [0.3, 0.4) is 0 Å². The van der Waals surface area contributed by atoms with Crippen LogP contribution in [-0.2, 0) is 11.0 Å². The van der Waals surface area contributed by atoms with Crippen molar-refractivity contribution in [3.63, 3.8) is 0 Å². The Hall–Kier alpha value is -2.74. The van der Waals surface area contributed by atoms with Crippen molar-refractivity contribution in [3.05, 3.63) is 59.1 Å². The Kier molecular flexibility index (Phi) is 8.61. The molecule has 0 atom stereocenters. The molecular formula is C24H27ClF3N3O2. The smallest absolute Gasteiger partial charge is 0.356 e. The zero-order valence-electron chi connectivity index (χ0n) is 18.1. The summed E-state index contributed by atoms with van der Waals surface area (Å²) < 4.78 is 39.6. The first-order valence-corrected chi connectivity index (χ1v) is 11.4. The monoisotopic (exact) mass is 481 g/mol. The zero-order valence-corrected chi connectivity index (χ0v) is 18.9. The van der Waals surface area contributed by atoms with E-state index in [0.717, 1.165) is 44.2 Å². The molecule has 2 N–H and O–H groups in total. The predicted octanol–water partition coefficient (Wildman–Crippen LogP) is 6.48. The molecule has 0 saturated heterocycles. The second-order valence-electron chi connectivity index (χ2n) is 8.12. The average molecular weight is 482 g/mol. The van der Waals surface area contributed by atoms with Crippen molar-refractivity contribution < 1.29 is 22.8 Å². The summed E-state index contributed by atoms with van der Waals surface area (Å²) >= 11 is 5.87. The highest BCUT2D eigenvalue weighted by atomic mass is 35.5. The van der Waals surface area contributed by atoms with E-state index in [1.165, 1.54) is 17.0 Å². The van der Waals surface area contributed by atoms with Crippen molar-refractivity contribution in [2.24, 2.45) is 5.92 Å². The third-order valence-electron chi connectivity index (χ3n) is 5.66. The lowest BCUT2D eigenvalue weighted by Gasteiger charge is -2.25. The van der Waals surface area contributed by atoms with E-state index in [-0.39, 0.29) is 24.1 Å². The van der Waals surface area contributed by atoms with Crippen LogP contribution in [0.5, 0.6) is 0 Å². The van der Waals surface area contributed by atoms with E-state index < -0.39 is 17.8 Å². The van der Waals surface area contributed by atoms with Crippen molar-refractivity contribution in [1.82, 2.24) is 5.32 Å². The molecule has 3 amide bonds. The molecule has 33 heavy (non-hydrogen) atoms. The molecular weight excluding hydrogens is 455 g/mol. The molecule has 1 aliphatic carbocycles. The van der Waals surface area contributed by atoms with Gasteiger partial charge in [0.15, 0.2) is 0 Å². The standard InChI is InChI=1S/C24H27ClF3N3O2/c25-19-10-12-20(13-11-19)30-23(33)31(21-9-4-8-18(16-21)24(26,27)28)15-5-14-29-22(32)17-6-2-1-3-7-17/h4,8-13,16-17H,1-3,5-7,14-15H2,(H,29,32)(H,30,33). The Labute approximate surface area is 196 Å². The normalized spacial score (nSPS) is 14.5. The van der Waals surface area contributed by atoms with Gasteiger partial charge in [0, 0.05) is 35.4 Å². The highest BCUT2D eigenvalue weighted by Gasteiger charge is 2.31. The van der Waals surface area contributed by atoms with Gasteiger partial charge in [-0.25, -0.2) is 4.79 Å². The SMILES string of the molecule is O=C(NCCCN(C(=O)Nc1ccc(Cl)cc1)c1cccc(C(F)(F)F)c1)C1CCCCC1. The Balaban J connectivity index is 1.67. The zero-order chi connectivity index (χ0) is 23.8. The number of hydrogen-bond acceptors (Lipinski definition) is 2. The third-order valence-corrected chi connectivity index (χ3v) is 5.91. The molecule has 3 rings (SSSR count). The molecule has 2 aromatic carbocycles. The highest BCUT2D eigenvalue weighted by molar-refractivity contribution is 6.30. The maximum atomic E-state index is 13.2. The first-order chi connectivity index (χ1) is 15.7. The van der Waals surface area contributed by atoms with Gasteiger partial charge in [0.25, 0.3) is 0 Å². The minimum Gasteiger partial charge on any atom is -0.356 e. The second kappa shape index (κ2) is 11.4. The number of alkyl halides is 3. The molecule has 1 fully saturated rings. The van der Waals surface area contributed by atoms with Gasteiger partial charge in [0.2, 0.25) is 5.91 Å². The molecule has 0 unspecified atom stereocenters. The van der Waals surface area contributed by atoms with Crippen LogP contribution in [0.15, 0.2) is 48.5 Å². The summed E-state index contributed by atoms with van der Waals surface area (Å²) in [6.07, 6.45) is 0.874. The van der Waals surface area contributed by atoms with Gasteiger partial charge in [0.1, 0.15) is 0 Å². The Morgan fingerprint density at radius 1 is 1.03 bits per heavy atom. The Morgan fingerprint density at radius 3 is 2.39 bits per heavy atom. The number of carbonyl (C=O) groups is 2. The van der Waals surface area contributed by atoms with Crippen LogP contribution in [-0.4, -0.2) is 25.0 Å². The minimum atomic E-state index is -4.53. The molecule has 9 heteroatoms. The molecule has 2 aromatic rings. The van der Waals surface area contributed by atoms with E-state index in [4.69, 9.17) is 11.6 Å². The number of nitrogens with one attached hydrogen (secondary N) is 2. The lowest BCUT2D eigenvalue weighted by atomic mass is 9.89. The number of carbonyl (C=O) groups excluding carboxylic acids is 2. The maximum absolute atomic E-state index is 13.2. The van der Waals surface area contributed by atoms with Crippen LogP contribution in [0.2, 0.25) is 5.02 Å². The van der Waals surface area contributed by atoms with E-state index in [0.29, 0.717) is 23.7 Å². The van der Waals surface area contributed by atoms with E-state index >= 15 is 0 Å². The van der Waals surface area contributed by atoms with Crippen LogP contribution in [0.25, 0.3) is 0 Å². The summed E-state index contributed by atoms with van der Waals surface area (Å²) in [4.78, 5) is 26.5. The molecule has 178 valence electrons. The van der Waals surface area contributed by atoms with Crippen molar-refractivity contribution in [2.75, 3.05) is 23.3 Å². The number of halogens is 4. The fraction of sp³-hybridized carbons (Fsp3) is 0.417. The van der Waals surface area contributed by atoms with Gasteiger partial charge < -0.3 is 10.6 Å². The van der Waals surface area contributed by atoms with Gasteiger partial charge in [-0.05, 0) is 61.7 Å². The summed E-state index contributed by atoms with van der Waals surface area (Å²) in [6, 6.07) is 10.5. The van der Waals surface area contributed by atoms with Crippen molar-refractivity contribution in [1.29, 1.82) is 0 Å². The van der Waals surface area contributed by atoms with Crippen molar-refractivity contribution in [2.45, 2.75) is 44.7 Å². The molecule has 0 aliphatic heterocycles. The summed E-state index contributed by atoms with van der Waals surface area (Å²) in [5.41, 5.74) is -0.253. The van der Waals surface area contributed by atoms with E-state index in [1.807, 2.05) is 0 Å². The quantitative estimate of drug-likeness (QED) is 0.444. The van der Waals surface area contributed by atoms with Gasteiger partial charge in [-0.2, -0.15) is 13.2 Å². The molecule has 0 radical (unpaired) electrons. The number of amides is 3. The van der Waals surface area contributed by atoms with Gasteiger partial charge in [0.05, 0.1) is 5.56 Å². The van der Waals surface area contributed by atoms with Crippen LogP contribution in [0.4, 0.5) is 29.3 Å². The Morgan fingerprint density at radius 2 is 1.73 bits per heavy atom. The van der Waals surface area contributed by atoms with Gasteiger partial charge in [-0.1, -0.05) is 36.9 Å². The number of benzene rings is 2. The van der Waals surface area contributed by atoms with E-state index in [9.17, 15) is 22.8 Å². The lowest BCUT2D eigenvalue weighted by molar-refractivity contribution is -0.137. The fourth-order valence-corrected chi connectivity index (χ4v) is 4.01. The third kappa shape index (κ3) is 7.39. The lowest BCUT2D eigenvalue weighted by Crippen LogP contribution is -2.38. The predicted molar refractivity (Wildman–Crippen MR) is 123 cm³/mol.